The number of rotatable bonds is 6. The first kappa shape index (κ1) is 12.8. The third kappa shape index (κ3) is 4.97. The van der Waals surface area contributed by atoms with Gasteiger partial charge in [0.25, 0.3) is 0 Å². The summed E-state index contributed by atoms with van der Waals surface area (Å²) < 4.78 is 41.2. The topological polar surface area (TPSA) is 31.2 Å². The fourth-order valence-electron chi connectivity index (χ4n) is 1.21. The van der Waals surface area contributed by atoms with Crippen molar-refractivity contribution in [3.05, 3.63) is 24.0 Å². The summed E-state index contributed by atoms with van der Waals surface area (Å²) in [5, 5.41) is 0. The van der Waals surface area contributed by atoms with Crippen LogP contribution in [0.25, 0.3) is 0 Å². The maximum Gasteiger partial charge on any atom is 0.411 e. The molecule has 0 spiro atoms. The fraction of sp³-hybridized carbons (Fsp3) is 0.500. The average molecular weight is 235 g/mol. The van der Waals surface area contributed by atoms with E-state index in [0.29, 0.717) is 18.5 Å². The summed E-state index contributed by atoms with van der Waals surface area (Å²) in [6, 6.07) is 1.64. The first-order chi connectivity index (χ1) is 7.51. The molecule has 0 unspecified atom stereocenters. The molecule has 90 valence electrons. The van der Waals surface area contributed by atoms with Gasteiger partial charge < -0.3 is 9.30 Å². The number of alkyl halides is 3. The zero-order valence-corrected chi connectivity index (χ0v) is 8.54. The smallest absolute Gasteiger partial charge is 0.372 e. The van der Waals surface area contributed by atoms with Gasteiger partial charge in [-0.2, -0.15) is 13.2 Å². The first-order valence-electron chi connectivity index (χ1n) is 4.77. The Labute approximate surface area is 90.8 Å². The number of aldehydes is 1. The third-order valence-corrected chi connectivity index (χ3v) is 1.88. The Morgan fingerprint density at radius 2 is 2.19 bits per heavy atom. The number of aryl methyl sites for hydroxylation is 1. The summed E-state index contributed by atoms with van der Waals surface area (Å²) in [5.74, 6) is 0. The van der Waals surface area contributed by atoms with Gasteiger partial charge >= 0.3 is 6.18 Å². The van der Waals surface area contributed by atoms with E-state index in [1.807, 2.05) is 0 Å². The van der Waals surface area contributed by atoms with Crippen molar-refractivity contribution in [3.8, 4) is 0 Å². The highest BCUT2D eigenvalue weighted by Crippen LogP contribution is 2.14. The second-order valence-electron chi connectivity index (χ2n) is 3.32. The first-order valence-corrected chi connectivity index (χ1v) is 4.77. The summed E-state index contributed by atoms with van der Waals surface area (Å²) >= 11 is 0. The number of aromatic nitrogens is 1. The molecule has 0 fully saturated rings. The highest BCUT2D eigenvalue weighted by Gasteiger charge is 2.27. The molecule has 1 aromatic heterocycles. The zero-order valence-electron chi connectivity index (χ0n) is 8.54. The molecule has 0 radical (unpaired) electrons. The molecule has 0 bridgehead atoms. The molecule has 0 saturated carbocycles. The van der Waals surface area contributed by atoms with Crippen LogP contribution in [0.2, 0.25) is 0 Å². The molecule has 6 heteroatoms. The summed E-state index contributed by atoms with van der Waals surface area (Å²) in [4.78, 5) is 10.3. The Hall–Kier alpha value is -1.30. The van der Waals surface area contributed by atoms with Crippen molar-refractivity contribution >= 4 is 6.29 Å². The van der Waals surface area contributed by atoms with Crippen LogP contribution in [-0.4, -0.2) is 30.2 Å². The Bertz CT molecular complexity index is 333. The predicted molar refractivity (Wildman–Crippen MR) is 51.3 cm³/mol. The van der Waals surface area contributed by atoms with Gasteiger partial charge in [0, 0.05) is 31.1 Å². The Balaban J connectivity index is 2.14. The van der Waals surface area contributed by atoms with Gasteiger partial charge in [0.15, 0.2) is 6.29 Å². The van der Waals surface area contributed by atoms with Crippen LogP contribution in [-0.2, 0) is 11.3 Å². The molecule has 0 amide bonds. The van der Waals surface area contributed by atoms with Gasteiger partial charge in [-0.25, -0.2) is 0 Å². The van der Waals surface area contributed by atoms with Gasteiger partial charge in [0.05, 0.1) is 0 Å². The molecule has 16 heavy (non-hydrogen) atoms. The third-order valence-electron chi connectivity index (χ3n) is 1.88. The fourth-order valence-corrected chi connectivity index (χ4v) is 1.21. The van der Waals surface area contributed by atoms with Crippen LogP contribution in [0.4, 0.5) is 13.2 Å². The van der Waals surface area contributed by atoms with E-state index < -0.39 is 12.8 Å². The average Bonchev–Trinajstić information content (AvgIpc) is 2.63. The molecular formula is C10H12F3NO2. The van der Waals surface area contributed by atoms with Crippen molar-refractivity contribution in [2.75, 3.05) is 13.2 Å². The summed E-state index contributed by atoms with van der Waals surface area (Å²) in [6.07, 6.45) is 0.266. The van der Waals surface area contributed by atoms with Gasteiger partial charge in [0.2, 0.25) is 0 Å². The lowest BCUT2D eigenvalue weighted by molar-refractivity contribution is -0.174. The number of carbonyl (C=O) groups excluding carboxylic acids is 1. The van der Waals surface area contributed by atoms with Gasteiger partial charge in [-0.1, -0.05) is 0 Å². The van der Waals surface area contributed by atoms with Crippen LogP contribution in [0, 0.1) is 0 Å². The van der Waals surface area contributed by atoms with E-state index in [9.17, 15) is 18.0 Å². The van der Waals surface area contributed by atoms with E-state index in [1.54, 1.807) is 23.0 Å². The molecule has 0 aromatic carbocycles. The van der Waals surface area contributed by atoms with Crippen molar-refractivity contribution in [3.63, 3.8) is 0 Å². The molecule has 0 aliphatic heterocycles. The molecular weight excluding hydrogens is 223 g/mol. The molecule has 1 rings (SSSR count). The summed E-state index contributed by atoms with van der Waals surface area (Å²) in [7, 11) is 0. The van der Waals surface area contributed by atoms with Crippen LogP contribution in [0.1, 0.15) is 16.8 Å². The number of hydrogen-bond donors (Lipinski definition) is 0. The standard InChI is InChI=1S/C10H12F3NO2/c11-10(12,13)8-16-5-1-3-14-4-2-9(6-14)7-15/h2,4,6-7H,1,3,5,8H2. The molecule has 0 atom stereocenters. The quantitative estimate of drug-likeness (QED) is 0.559. The number of carbonyl (C=O) groups is 1. The van der Waals surface area contributed by atoms with Crippen molar-refractivity contribution in [2.45, 2.75) is 19.1 Å². The van der Waals surface area contributed by atoms with E-state index in [4.69, 9.17) is 0 Å². The van der Waals surface area contributed by atoms with Crippen LogP contribution in [0.3, 0.4) is 0 Å². The monoisotopic (exact) mass is 235 g/mol. The van der Waals surface area contributed by atoms with Gasteiger partial charge in [0.1, 0.15) is 6.61 Å². The second kappa shape index (κ2) is 5.69. The van der Waals surface area contributed by atoms with E-state index in [1.165, 1.54) is 0 Å². The minimum Gasteiger partial charge on any atom is -0.372 e. The van der Waals surface area contributed by atoms with E-state index in [2.05, 4.69) is 4.74 Å². The Morgan fingerprint density at radius 3 is 2.75 bits per heavy atom. The molecule has 0 aliphatic rings. The Kier molecular flexibility index (Phi) is 4.54. The van der Waals surface area contributed by atoms with Crippen molar-refractivity contribution in [2.24, 2.45) is 0 Å². The molecule has 1 heterocycles. The van der Waals surface area contributed by atoms with Gasteiger partial charge in [-0.05, 0) is 12.5 Å². The number of hydrogen-bond acceptors (Lipinski definition) is 2. The van der Waals surface area contributed by atoms with Crippen molar-refractivity contribution < 1.29 is 22.7 Å². The molecule has 0 N–H and O–H groups in total. The maximum atomic E-state index is 11.7. The number of nitrogens with zero attached hydrogens (tertiary/aromatic N) is 1. The normalized spacial score (nSPS) is 11.7. The van der Waals surface area contributed by atoms with Crippen molar-refractivity contribution in [1.82, 2.24) is 4.57 Å². The highest BCUT2D eigenvalue weighted by molar-refractivity contribution is 5.74. The van der Waals surface area contributed by atoms with Crippen LogP contribution in [0.15, 0.2) is 18.5 Å². The van der Waals surface area contributed by atoms with Gasteiger partial charge in [-0.15, -0.1) is 0 Å². The predicted octanol–water partition coefficient (Wildman–Crippen LogP) is 2.27. The van der Waals surface area contributed by atoms with E-state index in [-0.39, 0.29) is 6.61 Å². The van der Waals surface area contributed by atoms with Crippen LogP contribution >= 0.6 is 0 Å². The Morgan fingerprint density at radius 1 is 1.44 bits per heavy atom. The lowest BCUT2D eigenvalue weighted by Crippen LogP contribution is -2.17. The molecule has 1 aromatic rings. The molecule has 3 nitrogen and oxygen atoms in total. The van der Waals surface area contributed by atoms with Crippen LogP contribution < -0.4 is 0 Å². The van der Waals surface area contributed by atoms with Crippen molar-refractivity contribution in [1.29, 1.82) is 0 Å². The van der Waals surface area contributed by atoms with Gasteiger partial charge in [-0.3, -0.25) is 4.79 Å². The molecule has 0 saturated heterocycles. The number of ether oxygens (including phenoxy) is 1. The zero-order chi connectivity index (χ0) is 12.0. The summed E-state index contributed by atoms with van der Waals surface area (Å²) in [5.41, 5.74) is 0.552. The minimum atomic E-state index is -4.27. The number of halogens is 3. The van der Waals surface area contributed by atoms with E-state index in [0.717, 1.165) is 6.29 Å². The second-order valence-corrected chi connectivity index (χ2v) is 3.32. The minimum absolute atomic E-state index is 0.0497. The van der Waals surface area contributed by atoms with E-state index >= 15 is 0 Å². The SMILES string of the molecule is O=Cc1ccn(CCCOCC(F)(F)F)c1. The van der Waals surface area contributed by atoms with Crippen LogP contribution in [0.5, 0.6) is 0 Å². The molecule has 0 aliphatic carbocycles. The lowest BCUT2D eigenvalue weighted by Gasteiger charge is -2.07. The summed E-state index contributed by atoms with van der Waals surface area (Å²) in [6.45, 7) is -0.627. The highest BCUT2D eigenvalue weighted by atomic mass is 19.4. The lowest BCUT2D eigenvalue weighted by atomic mass is 10.4. The largest absolute Gasteiger partial charge is 0.411 e. The maximum absolute atomic E-state index is 11.7.